The molecular formula is C31H29F3N6O3. The van der Waals surface area contributed by atoms with E-state index in [2.05, 4.69) is 30.8 Å². The third-order valence-electron chi connectivity index (χ3n) is 6.85. The van der Waals surface area contributed by atoms with Crippen LogP contribution in [0.4, 0.5) is 36.2 Å². The van der Waals surface area contributed by atoms with Crippen molar-refractivity contribution in [1.29, 1.82) is 0 Å². The molecule has 1 aliphatic rings. The molecular weight excluding hydrogens is 561 g/mol. The maximum atomic E-state index is 14.0. The van der Waals surface area contributed by atoms with Crippen molar-refractivity contribution >= 4 is 34.8 Å². The van der Waals surface area contributed by atoms with Gasteiger partial charge in [0.15, 0.2) is 0 Å². The van der Waals surface area contributed by atoms with Crippen molar-refractivity contribution in [3.8, 4) is 5.75 Å². The largest absolute Gasteiger partial charge is 0.492 e. The summed E-state index contributed by atoms with van der Waals surface area (Å²) in [5.74, 6) is -4.42. The number of hydrogen-bond acceptors (Lipinski definition) is 7. The summed E-state index contributed by atoms with van der Waals surface area (Å²) < 4.78 is 47.1. The monoisotopic (exact) mass is 590 g/mol. The van der Waals surface area contributed by atoms with Gasteiger partial charge in [-0.15, -0.1) is 0 Å². The van der Waals surface area contributed by atoms with E-state index in [4.69, 9.17) is 4.74 Å². The van der Waals surface area contributed by atoms with Gasteiger partial charge in [0, 0.05) is 41.7 Å². The van der Waals surface area contributed by atoms with Crippen LogP contribution in [0.3, 0.4) is 0 Å². The molecule has 9 nitrogen and oxygen atoms in total. The predicted molar refractivity (Wildman–Crippen MR) is 156 cm³/mol. The first-order valence-electron chi connectivity index (χ1n) is 13.7. The third kappa shape index (κ3) is 7.66. The van der Waals surface area contributed by atoms with Crippen molar-refractivity contribution in [2.75, 3.05) is 42.2 Å². The summed E-state index contributed by atoms with van der Waals surface area (Å²) in [6.07, 6.45) is 5.34. The molecule has 0 bridgehead atoms. The van der Waals surface area contributed by atoms with Gasteiger partial charge in [0.25, 0.3) is 11.8 Å². The summed E-state index contributed by atoms with van der Waals surface area (Å²) >= 11 is 0. The number of hydrogen-bond donors (Lipinski definition) is 3. The summed E-state index contributed by atoms with van der Waals surface area (Å²) in [7, 11) is 0. The number of benzene rings is 3. The number of carbonyl (C=O) groups excluding carboxylic acids is 2. The lowest BCUT2D eigenvalue weighted by Gasteiger charge is -2.15. The standard InChI is InChI=1S/C31H29F3N6O3/c1-19-7-8-22(37-30(42)28-26(33)13-20(32)14-27(28)34)16-25(19)29(41)38-23-17-35-31(36-18-23)39-21-5-4-6-24(15-21)43-12-11-40-9-2-3-10-40/h4-8,13-18H,2-3,9-12H2,1H3,(H,37,42)(H,38,41)(H,35,36,39). The first-order valence-corrected chi connectivity index (χ1v) is 13.7. The normalized spacial score (nSPS) is 13.0. The fourth-order valence-electron chi connectivity index (χ4n) is 4.64. The van der Waals surface area contributed by atoms with E-state index in [1.807, 2.05) is 24.3 Å². The Labute approximate surface area is 246 Å². The van der Waals surface area contributed by atoms with Crippen LogP contribution in [0, 0.1) is 24.4 Å². The molecule has 3 aromatic carbocycles. The highest BCUT2D eigenvalue weighted by atomic mass is 19.1. The highest BCUT2D eigenvalue weighted by Gasteiger charge is 2.20. The van der Waals surface area contributed by atoms with Crippen LogP contribution >= 0.6 is 0 Å². The van der Waals surface area contributed by atoms with Crippen LogP contribution in [-0.2, 0) is 0 Å². The van der Waals surface area contributed by atoms with Crippen LogP contribution in [0.1, 0.15) is 39.1 Å². The van der Waals surface area contributed by atoms with Gasteiger partial charge in [0.05, 0.1) is 18.1 Å². The van der Waals surface area contributed by atoms with Gasteiger partial charge in [0.2, 0.25) is 5.95 Å². The van der Waals surface area contributed by atoms with E-state index >= 15 is 0 Å². The molecule has 0 spiro atoms. The van der Waals surface area contributed by atoms with Crippen molar-refractivity contribution in [3.63, 3.8) is 0 Å². The van der Waals surface area contributed by atoms with Crippen molar-refractivity contribution in [2.45, 2.75) is 19.8 Å². The smallest absolute Gasteiger partial charge is 0.261 e. The molecule has 0 saturated carbocycles. The SMILES string of the molecule is Cc1ccc(NC(=O)c2c(F)cc(F)cc2F)cc1C(=O)Nc1cnc(Nc2cccc(OCCN3CCCC3)c2)nc1. The lowest BCUT2D eigenvalue weighted by atomic mass is 10.1. The number of likely N-dealkylation sites (tertiary alicyclic amines) is 1. The second kappa shape index (κ2) is 13.3. The molecule has 12 heteroatoms. The topological polar surface area (TPSA) is 108 Å². The lowest BCUT2D eigenvalue weighted by Crippen LogP contribution is -2.25. The van der Waals surface area contributed by atoms with Gasteiger partial charge in [-0.2, -0.15) is 0 Å². The number of anilines is 4. The molecule has 1 fully saturated rings. The van der Waals surface area contributed by atoms with Crippen LogP contribution < -0.4 is 20.7 Å². The van der Waals surface area contributed by atoms with Crippen molar-refractivity contribution < 1.29 is 27.5 Å². The first kappa shape index (κ1) is 29.5. The van der Waals surface area contributed by atoms with Crippen molar-refractivity contribution in [3.05, 3.63) is 101 Å². The lowest BCUT2D eigenvalue weighted by molar-refractivity contribution is 0.101. The average molecular weight is 591 g/mol. The quantitative estimate of drug-likeness (QED) is 0.210. The molecule has 222 valence electrons. The molecule has 0 unspecified atom stereocenters. The maximum Gasteiger partial charge on any atom is 0.261 e. The van der Waals surface area contributed by atoms with Gasteiger partial charge < -0.3 is 20.7 Å². The molecule has 1 aliphatic heterocycles. The zero-order valence-corrected chi connectivity index (χ0v) is 23.3. The number of nitrogens with one attached hydrogen (secondary N) is 3. The summed E-state index contributed by atoms with van der Waals surface area (Å²) in [5, 5.41) is 8.14. The van der Waals surface area contributed by atoms with Crippen LogP contribution in [0.5, 0.6) is 5.75 Å². The Bertz CT molecular complexity index is 1600. The van der Waals surface area contributed by atoms with Crippen molar-refractivity contribution in [2.24, 2.45) is 0 Å². The second-order valence-electron chi connectivity index (χ2n) is 10.0. The highest BCUT2D eigenvalue weighted by Crippen LogP contribution is 2.22. The summed E-state index contributed by atoms with van der Waals surface area (Å²) in [4.78, 5) is 36.4. The number of aromatic nitrogens is 2. The van der Waals surface area contributed by atoms with Crippen LogP contribution in [0.25, 0.3) is 0 Å². The van der Waals surface area contributed by atoms with E-state index in [0.29, 0.717) is 35.9 Å². The molecule has 0 radical (unpaired) electrons. The Kier molecular flexibility index (Phi) is 9.16. The average Bonchev–Trinajstić information content (AvgIpc) is 3.48. The van der Waals surface area contributed by atoms with Crippen LogP contribution in [0.2, 0.25) is 0 Å². The van der Waals surface area contributed by atoms with Crippen LogP contribution in [-0.4, -0.2) is 52.9 Å². The number of aryl methyl sites for hydroxylation is 1. The zero-order chi connectivity index (χ0) is 30.3. The number of carbonyl (C=O) groups is 2. The number of nitrogens with zero attached hydrogens (tertiary/aromatic N) is 3. The minimum absolute atomic E-state index is 0.113. The Hall–Kier alpha value is -4.97. The highest BCUT2D eigenvalue weighted by molar-refractivity contribution is 6.08. The van der Waals surface area contributed by atoms with E-state index in [1.54, 1.807) is 13.0 Å². The molecule has 4 aromatic rings. The number of ether oxygens (including phenoxy) is 1. The van der Waals surface area contributed by atoms with Gasteiger partial charge in [-0.25, -0.2) is 23.1 Å². The molecule has 2 amide bonds. The number of rotatable bonds is 10. The van der Waals surface area contributed by atoms with E-state index in [0.717, 1.165) is 31.1 Å². The third-order valence-corrected chi connectivity index (χ3v) is 6.85. The molecule has 0 atom stereocenters. The van der Waals surface area contributed by atoms with Crippen LogP contribution in [0.15, 0.2) is 67.0 Å². The minimum Gasteiger partial charge on any atom is -0.492 e. The Morgan fingerprint density at radius 3 is 2.28 bits per heavy atom. The Balaban J connectivity index is 1.18. The predicted octanol–water partition coefficient (Wildman–Crippen LogP) is 5.93. The minimum atomic E-state index is -1.34. The Morgan fingerprint density at radius 2 is 1.56 bits per heavy atom. The number of amides is 2. The zero-order valence-electron chi connectivity index (χ0n) is 23.3. The second-order valence-corrected chi connectivity index (χ2v) is 10.0. The molecule has 5 rings (SSSR count). The van der Waals surface area contributed by atoms with Crippen molar-refractivity contribution in [1.82, 2.24) is 14.9 Å². The summed E-state index contributed by atoms with van der Waals surface area (Å²) in [5.41, 5.74) is 1.01. The molecule has 3 N–H and O–H groups in total. The van der Waals surface area contributed by atoms with E-state index in [1.165, 1.54) is 37.4 Å². The van der Waals surface area contributed by atoms with Gasteiger partial charge >= 0.3 is 0 Å². The van der Waals surface area contributed by atoms with E-state index in [-0.39, 0.29) is 11.3 Å². The molecule has 1 aromatic heterocycles. The Morgan fingerprint density at radius 1 is 0.860 bits per heavy atom. The molecule has 0 aliphatic carbocycles. The first-order chi connectivity index (χ1) is 20.7. The van der Waals surface area contributed by atoms with Gasteiger partial charge in [-0.1, -0.05) is 12.1 Å². The number of halogens is 3. The van der Waals surface area contributed by atoms with E-state index < -0.39 is 34.8 Å². The van der Waals surface area contributed by atoms with Gasteiger partial charge in [-0.3, -0.25) is 14.5 Å². The summed E-state index contributed by atoms with van der Waals surface area (Å²) in [6.45, 7) is 5.42. The summed E-state index contributed by atoms with van der Waals surface area (Å²) in [6, 6.07) is 12.7. The molecule has 2 heterocycles. The fraction of sp³-hybridized carbons (Fsp3) is 0.226. The van der Waals surface area contributed by atoms with Gasteiger partial charge in [0.1, 0.15) is 35.4 Å². The molecule has 43 heavy (non-hydrogen) atoms. The fourth-order valence-corrected chi connectivity index (χ4v) is 4.64. The molecule has 1 saturated heterocycles. The maximum absolute atomic E-state index is 14.0. The van der Waals surface area contributed by atoms with E-state index in [9.17, 15) is 22.8 Å². The van der Waals surface area contributed by atoms with Gasteiger partial charge in [-0.05, 0) is 62.7 Å².